The average molecular weight is 220 g/mol. The Kier molecular flexibility index (Phi) is 3.26. The van der Waals surface area contributed by atoms with Crippen LogP contribution in [0.2, 0.25) is 0 Å². The van der Waals surface area contributed by atoms with Gasteiger partial charge in [0.25, 0.3) is 0 Å². The summed E-state index contributed by atoms with van der Waals surface area (Å²) in [7, 11) is 0. The van der Waals surface area contributed by atoms with Crippen molar-refractivity contribution < 1.29 is 5.11 Å². The fourth-order valence-electron chi connectivity index (χ4n) is 2.55. The SMILES string of the molecule is CC1=CCCC(C)=C1C1=NC(C)NC(O)C1. The summed E-state index contributed by atoms with van der Waals surface area (Å²) in [6.45, 7) is 6.28. The normalized spacial score (nSPS) is 31.2. The predicted molar refractivity (Wildman–Crippen MR) is 66.3 cm³/mol. The molecule has 0 radical (unpaired) electrons. The Morgan fingerprint density at radius 3 is 2.81 bits per heavy atom. The molecule has 0 amide bonds. The first-order valence-electron chi connectivity index (χ1n) is 5.96. The molecule has 0 aromatic carbocycles. The standard InChI is InChI=1S/C13H20N2O/c1-8-5-4-6-9(2)13(8)11-7-12(16)15-10(3)14-11/h5,10,12,15-16H,4,6-7H2,1-3H3. The van der Waals surface area contributed by atoms with Crippen LogP contribution in [0.15, 0.2) is 27.8 Å². The van der Waals surface area contributed by atoms with Gasteiger partial charge >= 0.3 is 0 Å². The molecule has 0 saturated heterocycles. The van der Waals surface area contributed by atoms with Crippen LogP contribution < -0.4 is 5.32 Å². The Morgan fingerprint density at radius 2 is 2.19 bits per heavy atom. The summed E-state index contributed by atoms with van der Waals surface area (Å²) in [4.78, 5) is 4.60. The van der Waals surface area contributed by atoms with Gasteiger partial charge in [-0.1, -0.05) is 11.6 Å². The molecule has 0 aromatic heterocycles. The minimum atomic E-state index is -0.461. The van der Waals surface area contributed by atoms with Crippen molar-refractivity contribution in [2.45, 2.75) is 52.4 Å². The molecule has 16 heavy (non-hydrogen) atoms. The number of aliphatic hydroxyl groups is 1. The maximum Gasteiger partial charge on any atom is 0.112 e. The fourth-order valence-corrected chi connectivity index (χ4v) is 2.55. The zero-order valence-electron chi connectivity index (χ0n) is 10.2. The highest BCUT2D eigenvalue weighted by molar-refractivity contribution is 6.05. The van der Waals surface area contributed by atoms with E-state index in [9.17, 15) is 5.11 Å². The van der Waals surface area contributed by atoms with Crippen molar-refractivity contribution in [1.82, 2.24) is 5.32 Å². The van der Waals surface area contributed by atoms with E-state index in [2.05, 4.69) is 30.2 Å². The third-order valence-electron chi connectivity index (χ3n) is 3.25. The van der Waals surface area contributed by atoms with Crippen molar-refractivity contribution in [3.05, 3.63) is 22.8 Å². The Hall–Kier alpha value is -0.930. The van der Waals surface area contributed by atoms with E-state index in [1.54, 1.807) is 0 Å². The molecule has 0 saturated carbocycles. The smallest absolute Gasteiger partial charge is 0.112 e. The second-order valence-corrected chi connectivity index (χ2v) is 4.72. The number of allylic oxidation sites excluding steroid dienone is 4. The van der Waals surface area contributed by atoms with Crippen LogP contribution in [-0.2, 0) is 0 Å². The van der Waals surface area contributed by atoms with Crippen molar-refractivity contribution in [2.75, 3.05) is 0 Å². The van der Waals surface area contributed by atoms with Gasteiger partial charge in [0.15, 0.2) is 0 Å². The topological polar surface area (TPSA) is 44.6 Å². The maximum absolute atomic E-state index is 9.72. The first-order valence-corrected chi connectivity index (χ1v) is 5.96. The van der Waals surface area contributed by atoms with E-state index in [0.717, 1.165) is 18.6 Å². The van der Waals surface area contributed by atoms with Gasteiger partial charge in [0, 0.05) is 12.1 Å². The van der Waals surface area contributed by atoms with E-state index in [1.807, 2.05) is 6.92 Å². The molecule has 2 aliphatic rings. The summed E-state index contributed by atoms with van der Waals surface area (Å²) in [5.74, 6) is 0. The molecule has 3 nitrogen and oxygen atoms in total. The van der Waals surface area contributed by atoms with E-state index in [0.29, 0.717) is 6.42 Å². The van der Waals surface area contributed by atoms with Crippen LogP contribution in [0.25, 0.3) is 0 Å². The van der Waals surface area contributed by atoms with E-state index in [4.69, 9.17) is 0 Å². The van der Waals surface area contributed by atoms with Crippen molar-refractivity contribution in [3.8, 4) is 0 Å². The molecule has 0 bridgehead atoms. The van der Waals surface area contributed by atoms with Crippen LogP contribution in [0.1, 0.15) is 40.0 Å². The van der Waals surface area contributed by atoms with E-state index in [1.165, 1.54) is 16.7 Å². The number of hydrogen-bond donors (Lipinski definition) is 2. The highest BCUT2D eigenvalue weighted by Gasteiger charge is 2.23. The van der Waals surface area contributed by atoms with E-state index < -0.39 is 6.23 Å². The molecule has 1 aliphatic carbocycles. The summed E-state index contributed by atoms with van der Waals surface area (Å²) < 4.78 is 0. The zero-order valence-corrected chi connectivity index (χ0v) is 10.2. The number of aliphatic imine (C=N–C) groups is 1. The number of nitrogens with zero attached hydrogens (tertiary/aromatic N) is 1. The summed E-state index contributed by atoms with van der Waals surface area (Å²) in [5.41, 5.74) is 5.05. The largest absolute Gasteiger partial charge is 0.378 e. The molecule has 2 rings (SSSR count). The predicted octanol–water partition coefficient (Wildman–Crippen LogP) is 2.14. The zero-order chi connectivity index (χ0) is 11.7. The molecule has 2 atom stereocenters. The lowest BCUT2D eigenvalue weighted by molar-refractivity contribution is 0.126. The highest BCUT2D eigenvalue weighted by Crippen LogP contribution is 2.28. The van der Waals surface area contributed by atoms with E-state index >= 15 is 0 Å². The van der Waals surface area contributed by atoms with Gasteiger partial charge in [0.2, 0.25) is 0 Å². The van der Waals surface area contributed by atoms with Gasteiger partial charge in [0.1, 0.15) is 6.23 Å². The summed E-state index contributed by atoms with van der Waals surface area (Å²) in [6, 6.07) is 0. The monoisotopic (exact) mass is 220 g/mol. The molecule has 88 valence electrons. The van der Waals surface area contributed by atoms with Crippen LogP contribution in [0.3, 0.4) is 0 Å². The lowest BCUT2D eigenvalue weighted by Crippen LogP contribution is -2.42. The van der Waals surface area contributed by atoms with Crippen molar-refractivity contribution in [3.63, 3.8) is 0 Å². The van der Waals surface area contributed by atoms with Crippen molar-refractivity contribution in [2.24, 2.45) is 4.99 Å². The van der Waals surface area contributed by atoms with Crippen molar-refractivity contribution >= 4 is 5.71 Å². The number of rotatable bonds is 1. The van der Waals surface area contributed by atoms with Crippen LogP contribution in [-0.4, -0.2) is 23.2 Å². The third kappa shape index (κ3) is 2.25. The first-order chi connectivity index (χ1) is 7.58. The van der Waals surface area contributed by atoms with Gasteiger partial charge < -0.3 is 5.11 Å². The van der Waals surface area contributed by atoms with Crippen LogP contribution in [0, 0.1) is 0 Å². The van der Waals surface area contributed by atoms with E-state index in [-0.39, 0.29) is 6.17 Å². The fraction of sp³-hybridized carbons (Fsp3) is 0.615. The molecule has 0 fully saturated rings. The van der Waals surface area contributed by atoms with Gasteiger partial charge in [-0.25, -0.2) is 0 Å². The average Bonchev–Trinajstić information content (AvgIpc) is 2.15. The Bertz CT molecular complexity index is 379. The Labute approximate surface area is 97.0 Å². The first kappa shape index (κ1) is 11.6. The van der Waals surface area contributed by atoms with Gasteiger partial charge in [-0.15, -0.1) is 0 Å². The highest BCUT2D eigenvalue weighted by atomic mass is 16.3. The lowest BCUT2D eigenvalue weighted by Gasteiger charge is -2.28. The number of aliphatic hydroxyl groups excluding tert-OH is 1. The number of hydrogen-bond acceptors (Lipinski definition) is 3. The summed E-state index contributed by atoms with van der Waals surface area (Å²) >= 11 is 0. The Balaban J connectivity index is 2.34. The minimum absolute atomic E-state index is 0.00813. The molecule has 1 heterocycles. The molecule has 2 N–H and O–H groups in total. The molecular weight excluding hydrogens is 200 g/mol. The Morgan fingerprint density at radius 1 is 1.44 bits per heavy atom. The second kappa shape index (κ2) is 4.52. The van der Waals surface area contributed by atoms with Crippen LogP contribution in [0.5, 0.6) is 0 Å². The lowest BCUT2D eigenvalue weighted by atomic mass is 9.87. The van der Waals surface area contributed by atoms with Gasteiger partial charge in [-0.3, -0.25) is 10.3 Å². The second-order valence-electron chi connectivity index (χ2n) is 4.72. The molecule has 0 spiro atoms. The summed E-state index contributed by atoms with van der Waals surface area (Å²) in [6.07, 6.45) is 4.67. The van der Waals surface area contributed by atoms with Gasteiger partial charge in [-0.2, -0.15) is 0 Å². The van der Waals surface area contributed by atoms with Gasteiger partial charge in [-0.05, 0) is 44.8 Å². The molecule has 3 heteroatoms. The van der Waals surface area contributed by atoms with Crippen LogP contribution >= 0.6 is 0 Å². The quantitative estimate of drug-likeness (QED) is 0.711. The molecule has 2 unspecified atom stereocenters. The van der Waals surface area contributed by atoms with Gasteiger partial charge in [0.05, 0.1) is 6.17 Å². The summed E-state index contributed by atoms with van der Waals surface area (Å²) in [5, 5.41) is 12.7. The minimum Gasteiger partial charge on any atom is -0.378 e. The number of nitrogens with one attached hydrogen (secondary N) is 1. The molecule has 0 aromatic rings. The third-order valence-corrected chi connectivity index (χ3v) is 3.25. The van der Waals surface area contributed by atoms with Crippen molar-refractivity contribution in [1.29, 1.82) is 0 Å². The maximum atomic E-state index is 9.72. The van der Waals surface area contributed by atoms with Crippen LogP contribution in [0.4, 0.5) is 0 Å². The molecular formula is C13H20N2O. The molecule has 1 aliphatic heterocycles.